The van der Waals surface area contributed by atoms with Gasteiger partial charge < -0.3 is 14.6 Å². The number of halogens is 1. The molecule has 22 heavy (non-hydrogen) atoms. The van der Waals surface area contributed by atoms with Gasteiger partial charge in [0, 0.05) is 24.1 Å². The minimum Gasteiger partial charge on any atom is -0.491 e. The smallest absolute Gasteiger partial charge is 0.120 e. The van der Waals surface area contributed by atoms with Crippen LogP contribution in [0.25, 0.3) is 10.8 Å². The number of nitrogens with zero attached hydrogens (tertiary/aromatic N) is 1. The van der Waals surface area contributed by atoms with Gasteiger partial charge in [-0.1, -0.05) is 28.1 Å². The number of ether oxygens (including phenoxy) is 2. The molecule has 1 fully saturated rings. The quantitative estimate of drug-likeness (QED) is 0.884. The van der Waals surface area contributed by atoms with Crippen molar-refractivity contribution in [2.45, 2.75) is 6.10 Å². The van der Waals surface area contributed by atoms with Crippen molar-refractivity contribution >= 4 is 26.7 Å². The van der Waals surface area contributed by atoms with Crippen molar-refractivity contribution in [1.29, 1.82) is 0 Å². The number of hydrogen-bond donors (Lipinski definition) is 1. The maximum absolute atomic E-state index is 10.1. The van der Waals surface area contributed by atoms with Gasteiger partial charge in [-0.3, -0.25) is 4.90 Å². The maximum atomic E-state index is 10.1. The molecule has 0 aromatic heterocycles. The van der Waals surface area contributed by atoms with Crippen molar-refractivity contribution in [2.24, 2.45) is 0 Å². The van der Waals surface area contributed by atoms with E-state index in [9.17, 15) is 5.11 Å². The lowest BCUT2D eigenvalue weighted by Gasteiger charge is -2.28. The summed E-state index contributed by atoms with van der Waals surface area (Å²) in [6.07, 6.45) is -0.487. The lowest BCUT2D eigenvalue weighted by atomic mass is 10.1. The van der Waals surface area contributed by atoms with Crippen molar-refractivity contribution in [2.75, 3.05) is 39.5 Å². The van der Waals surface area contributed by atoms with E-state index in [1.807, 2.05) is 24.3 Å². The molecule has 5 heteroatoms. The Hall–Kier alpha value is -1.14. The van der Waals surface area contributed by atoms with Gasteiger partial charge in [-0.15, -0.1) is 0 Å². The molecule has 1 heterocycles. The fourth-order valence-corrected chi connectivity index (χ4v) is 2.99. The van der Waals surface area contributed by atoms with Gasteiger partial charge in [0.25, 0.3) is 0 Å². The molecule has 1 atom stereocenters. The fraction of sp³-hybridized carbons (Fsp3) is 0.412. The molecule has 0 amide bonds. The minimum absolute atomic E-state index is 0.305. The van der Waals surface area contributed by atoms with Gasteiger partial charge in [0.1, 0.15) is 18.5 Å². The Morgan fingerprint density at radius 1 is 1.14 bits per heavy atom. The number of β-amino-alcohol motifs (C(OH)–C–C–N with tert-alkyl or cyclic N) is 1. The van der Waals surface area contributed by atoms with Gasteiger partial charge in [0.05, 0.1) is 13.2 Å². The molecule has 0 unspecified atom stereocenters. The monoisotopic (exact) mass is 365 g/mol. The number of rotatable bonds is 5. The largest absolute Gasteiger partial charge is 0.491 e. The van der Waals surface area contributed by atoms with E-state index in [-0.39, 0.29) is 0 Å². The zero-order chi connectivity index (χ0) is 15.4. The topological polar surface area (TPSA) is 41.9 Å². The third kappa shape index (κ3) is 4.20. The minimum atomic E-state index is -0.487. The molecule has 0 bridgehead atoms. The number of aliphatic hydroxyl groups is 1. The predicted octanol–water partition coefficient (Wildman–Crippen LogP) is 2.67. The highest BCUT2D eigenvalue weighted by molar-refractivity contribution is 9.10. The summed E-state index contributed by atoms with van der Waals surface area (Å²) < 4.78 is 12.1. The normalized spacial score (nSPS) is 17.5. The highest BCUT2D eigenvalue weighted by Gasteiger charge is 2.15. The van der Waals surface area contributed by atoms with E-state index in [2.05, 4.69) is 33.0 Å². The first-order valence-corrected chi connectivity index (χ1v) is 8.30. The maximum Gasteiger partial charge on any atom is 0.120 e. The average Bonchev–Trinajstić information content (AvgIpc) is 2.54. The molecule has 0 spiro atoms. The van der Waals surface area contributed by atoms with Crippen molar-refractivity contribution in [1.82, 2.24) is 4.90 Å². The van der Waals surface area contributed by atoms with Gasteiger partial charge in [-0.05, 0) is 35.0 Å². The number of benzene rings is 2. The van der Waals surface area contributed by atoms with Gasteiger partial charge >= 0.3 is 0 Å². The van der Waals surface area contributed by atoms with E-state index >= 15 is 0 Å². The summed E-state index contributed by atoms with van der Waals surface area (Å²) in [6.45, 7) is 4.18. The van der Waals surface area contributed by atoms with Crippen LogP contribution in [0.15, 0.2) is 40.9 Å². The molecule has 0 aliphatic carbocycles. The molecule has 3 rings (SSSR count). The van der Waals surface area contributed by atoms with E-state index in [0.29, 0.717) is 13.2 Å². The highest BCUT2D eigenvalue weighted by atomic mass is 79.9. The van der Waals surface area contributed by atoms with Crippen LogP contribution < -0.4 is 4.74 Å². The van der Waals surface area contributed by atoms with Crippen LogP contribution in [0.4, 0.5) is 0 Å². The Kier molecular flexibility index (Phi) is 5.31. The zero-order valence-corrected chi connectivity index (χ0v) is 14.0. The van der Waals surface area contributed by atoms with Gasteiger partial charge in [-0.2, -0.15) is 0 Å². The lowest BCUT2D eigenvalue weighted by Crippen LogP contribution is -2.42. The van der Waals surface area contributed by atoms with E-state index in [1.165, 1.54) is 0 Å². The Labute approximate surface area is 138 Å². The van der Waals surface area contributed by atoms with E-state index in [4.69, 9.17) is 9.47 Å². The second-order valence-corrected chi connectivity index (χ2v) is 6.45. The van der Waals surface area contributed by atoms with Crippen LogP contribution in [0.3, 0.4) is 0 Å². The van der Waals surface area contributed by atoms with E-state index in [1.54, 1.807) is 0 Å². The van der Waals surface area contributed by atoms with Crippen LogP contribution >= 0.6 is 15.9 Å². The van der Waals surface area contributed by atoms with Crippen molar-refractivity contribution in [3.8, 4) is 5.75 Å². The third-order valence-corrected chi connectivity index (χ3v) is 4.28. The Morgan fingerprint density at radius 2 is 1.86 bits per heavy atom. The summed E-state index contributed by atoms with van der Waals surface area (Å²) in [7, 11) is 0. The Morgan fingerprint density at radius 3 is 2.68 bits per heavy atom. The molecule has 118 valence electrons. The Bertz CT molecular complexity index is 628. The van der Waals surface area contributed by atoms with Crippen LogP contribution in [0, 0.1) is 0 Å². The standard InChI is InChI=1S/C17H20BrNO3/c18-15-3-1-14-10-17(4-2-13(14)9-15)22-12-16(20)11-19-5-7-21-8-6-19/h1-4,9-10,16,20H,5-8,11-12H2/t16-/m1/s1. The Balaban J connectivity index is 1.55. The molecule has 2 aromatic carbocycles. The number of hydrogen-bond acceptors (Lipinski definition) is 4. The molecule has 1 saturated heterocycles. The predicted molar refractivity (Wildman–Crippen MR) is 90.4 cm³/mol. The molecule has 4 nitrogen and oxygen atoms in total. The van der Waals surface area contributed by atoms with Gasteiger partial charge in [0.2, 0.25) is 0 Å². The summed E-state index contributed by atoms with van der Waals surface area (Å²) in [4.78, 5) is 2.20. The van der Waals surface area contributed by atoms with Crippen molar-refractivity contribution in [3.05, 3.63) is 40.9 Å². The molecular weight excluding hydrogens is 346 g/mol. The molecule has 0 saturated carbocycles. The first kappa shape index (κ1) is 15.7. The second-order valence-electron chi connectivity index (χ2n) is 5.53. The first-order chi connectivity index (χ1) is 10.7. The average molecular weight is 366 g/mol. The van der Waals surface area contributed by atoms with Crippen LogP contribution in [0.2, 0.25) is 0 Å². The molecular formula is C17H20BrNO3. The van der Waals surface area contributed by atoms with Crippen LogP contribution in [0.1, 0.15) is 0 Å². The van der Waals surface area contributed by atoms with E-state index < -0.39 is 6.10 Å². The molecule has 1 N–H and O–H groups in total. The SMILES string of the molecule is O[C@@H](COc1ccc2cc(Br)ccc2c1)CN1CCOCC1. The second kappa shape index (κ2) is 7.42. The molecule has 1 aliphatic heterocycles. The van der Waals surface area contributed by atoms with Crippen LogP contribution in [-0.2, 0) is 4.74 Å². The van der Waals surface area contributed by atoms with Crippen LogP contribution in [0.5, 0.6) is 5.75 Å². The van der Waals surface area contributed by atoms with Crippen molar-refractivity contribution < 1.29 is 14.6 Å². The number of morpholine rings is 1. The van der Waals surface area contributed by atoms with E-state index in [0.717, 1.165) is 47.3 Å². The molecule has 0 radical (unpaired) electrons. The van der Waals surface area contributed by atoms with Crippen molar-refractivity contribution in [3.63, 3.8) is 0 Å². The lowest BCUT2D eigenvalue weighted by molar-refractivity contribution is 0.00467. The summed E-state index contributed by atoms with van der Waals surface area (Å²) in [5.41, 5.74) is 0. The molecule has 2 aromatic rings. The molecule has 1 aliphatic rings. The summed E-state index contributed by atoms with van der Waals surface area (Å²) in [6, 6.07) is 12.1. The summed E-state index contributed by atoms with van der Waals surface area (Å²) in [5.74, 6) is 0.788. The third-order valence-electron chi connectivity index (χ3n) is 3.79. The first-order valence-electron chi connectivity index (χ1n) is 7.51. The fourth-order valence-electron chi connectivity index (χ4n) is 2.61. The zero-order valence-electron chi connectivity index (χ0n) is 12.4. The van der Waals surface area contributed by atoms with Crippen LogP contribution in [-0.4, -0.2) is 55.6 Å². The summed E-state index contributed by atoms with van der Waals surface area (Å²) >= 11 is 3.47. The number of fused-ring (bicyclic) bond motifs is 1. The highest BCUT2D eigenvalue weighted by Crippen LogP contribution is 2.24. The van der Waals surface area contributed by atoms with Gasteiger partial charge in [0.15, 0.2) is 0 Å². The van der Waals surface area contributed by atoms with Gasteiger partial charge in [-0.25, -0.2) is 0 Å². The number of aliphatic hydroxyl groups excluding tert-OH is 1. The summed E-state index contributed by atoms with van der Waals surface area (Å²) in [5, 5.41) is 12.4.